The third-order valence-electron chi connectivity index (χ3n) is 3.60. The van der Waals surface area contributed by atoms with Gasteiger partial charge in [-0.1, -0.05) is 29.8 Å². The molecule has 0 heterocycles. The molecular formula is C18H21ClFN2O3+. The summed E-state index contributed by atoms with van der Waals surface area (Å²) in [5.74, 6) is -0.0513. The van der Waals surface area contributed by atoms with Gasteiger partial charge in [0, 0.05) is 12.0 Å². The highest BCUT2D eigenvalue weighted by atomic mass is 35.5. The summed E-state index contributed by atoms with van der Waals surface area (Å²) in [5, 5.41) is 2.40. The van der Waals surface area contributed by atoms with Crippen molar-refractivity contribution in [2.75, 3.05) is 20.3 Å². The van der Waals surface area contributed by atoms with Crippen LogP contribution in [0.5, 0.6) is 11.5 Å². The molecule has 5 nitrogen and oxygen atoms in total. The van der Waals surface area contributed by atoms with Crippen LogP contribution in [-0.4, -0.2) is 26.2 Å². The second kappa shape index (κ2) is 9.25. The lowest BCUT2D eigenvalue weighted by atomic mass is 10.1. The molecule has 0 fully saturated rings. The summed E-state index contributed by atoms with van der Waals surface area (Å²) in [6.45, 7) is 1.12. The summed E-state index contributed by atoms with van der Waals surface area (Å²) in [4.78, 5) is 10.8. The fourth-order valence-electron chi connectivity index (χ4n) is 2.40. The number of nitrogens with two attached hydrogens (primary N) is 2. The van der Waals surface area contributed by atoms with Crippen molar-refractivity contribution in [2.24, 2.45) is 5.73 Å². The maximum atomic E-state index is 13.6. The number of benzene rings is 2. The van der Waals surface area contributed by atoms with Gasteiger partial charge in [-0.2, -0.15) is 0 Å². The first kappa shape index (κ1) is 19.0. The van der Waals surface area contributed by atoms with E-state index in [4.69, 9.17) is 26.8 Å². The second-order valence-corrected chi connectivity index (χ2v) is 5.89. The molecule has 2 aromatic rings. The number of hydrogen-bond acceptors (Lipinski definition) is 3. The fraction of sp³-hybridized carbons (Fsp3) is 0.278. The molecule has 0 saturated carbocycles. The minimum atomic E-state index is -0.594. The van der Waals surface area contributed by atoms with Gasteiger partial charge in [0.1, 0.15) is 12.4 Å². The van der Waals surface area contributed by atoms with Crippen LogP contribution in [0.15, 0.2) is 36.4 Å². The van der Waals surface area contributed by atoms with Crippen LogP contribution in [0.25, 0.3) is 0 Å². The van der Waals surface area contributed by atoms with Gasteiger partial charge in [-0.15, -0.1) is 0 Å². The lowest BCUT2D eigenvalue weighted by molar-refractivity contribution is -0.670. The summed E-state index contributed by atoms with van der Waals surface area (Å²) < 4.78 is 24.1. The van der Waals surface area contributed by atoms with E-state index in [2.05, 4.69) is 5.32 Å². The summed E-state index contributed by atoms with van der Waals surface area (Å²) in [5.41, 5.74) is 6.70. The molecular weight excluding hydrogens is 347 g/mol. The van der Waals surface area contributed by atoms with Crippen LogP contribution in [0.3, 0.4) is 0 Å². The number of hydrogen-bond donors (Lipinski definition) is 2. The second-order valence-electron chi connectivity index (χ2n) is 5.49. The van der Waals surface area contributed by atoms with Crippen LogP contribution in [0.1, 0.15) is 11.1 Å². The molecule has 0 aromatic heterocycles. The fourth-order valence-corrected chi connectivity index (χ4v) is 2.69. The number of primary amides is 1. The van der Waals surface area contributed by atoms with Gasteiger partial charge in [-0.3, -0.25) is 4.79 Å². The number of carbonyl (C=O) groups excluding carboxylic acids is 1. The molecule has 0 aliphatic rings. The molecule has 7 heteroatoms. The molecule has 0 atom stereocenters. The summed E-state index contributed by atoms with van der Waals surface area (Å²) >= 11 is 6.21. The van der Waals surface area contributed by atoms with E-state index >= 15 is 0 Å². The van der Waals surface area contributed by atoms with E-state index in [-0.39, 0.29) is 18.2 Å². The number of methoxy groups -OCH3 is 1. The minimum absolute atomic E-state index is 0.184. The van der Waals surface area contributed by atoms with Gasteiger partial charge in [0.25, 0.3) is 5.91 Å². The molecule has 0 saturated heterocycles. The van der Waals surface area contributed by atoms with Crippen molar-refractivity contribution in [3.8, 4) is 11.5 Å². The van der Waals surface area contributed by atoms with E-state index in [1.165, 1.54) is 13.2 Å². The first-order valence-corrected chi connectivity index (χ1v) is 8.21. The number of carbonyl (C=O) groups is 1. The highest BCUT2D eigenvalue weighted by Crippen LogP contribution is 2.36. The number of ether oxygens (including phenoxy) is 2. The van der Waals surface area contributed by atoms with Gasteiger partial charge < -0.3 is 20.5 Å². The molecule has 1 amide bonds. The Morgan fingerprint density at radius 3 is 2.76 bits per heavy atom. The van der Waals surface area contributed by atoms with Crippen LogP contribution < -0.4 is 20.5 Å². The summed E-state index contributed by atoms with van der Waals surface area (Å²) in [7, 11) is 1.49. The predicted molar refractivity (Wildman–Crippen MR) is 93.3 cm³/mol. The predicted octanol–water partition coefficient (Wildman–Crippen LogP) is 1.66. The molecule has 2 aromatic carbocycles. The molecule has 0 bridgehead atoms. The molecule has 134 valence electrons. The molecule has 0 unspecified atom stereocenters. The van der Waals surface area contributed by atoms with E-state index in [1.54, 1.807) is 24.3 Å². The smallest absolute Gasteiger partial charge is 0.255 e. The van der Waals surface area contributed by atoms with Gasteiger partial charge in [0.05, 0.1) is 18.7 Å². The van der Waals surface area contributed by atoms with Gasteiger partial charge >= 0.3 is 0 Å². The van der Waals surface area contributed by atoms with Crippen LogP contribution in [0.4, 0.5) is 4.39 Å². The lowest BCUT2D eigenvalue weighted by Gasteiger charge is -2.13. The maximum Gasteiger partial charge on any atom is 0.255 e. The Morgan fingerprint density at radius 1 is 1.32 bits per heavy atom. The minimum Gasteiger partial charge on any atom is -0.493 e. The van der Waals surface area contributed by atoms with Gasteiger partial charge in [-0.25, -0.2) is 4.39 Å². The van der Waals surface area contributed by atoms with Gasteiger partial charge in [0.2, 0.25) is 0 Å². The van der Waals surface area contributed by atoms with E-state index < -0.39 is 5.91 Å². The van der Waals surface area contributed by atoms with Gasteiger partial charge in [0.15, 0.2) is 18.1 Å². The SMILES string of the molecule is COc1cc(C[NH2+]CCc2ccccc2F)cc(Cl)c1OCC(N)=O. The zero-order valence-electron chi connectivity index (χ0n) is 13.9. The average Bonchev–Trinajstić information content (AvgIpc) is 2.58. The van der Waals surface area contributed by atoms with Crippen molar-refractivity contribution in [3.63, 3.8) is 0 Å². The zero-order valence-corrected chi connectivity index (χ0v) is 14.7. The standard InChI is InChI=1S/C18H20ClFN2O3/c1-24-16-9-12(8-14(19)18(16)25-11-17(21)23)10-22-7-6-13-4-2-3-5-15(13)20/h2-5,8-9,22H,6-7,10-11H2,1H3,(H2,21,23)/p+1. The first-order valence-electron chi connectivity index (χ1n) is 7.84. The van der Waals surface area contributed by atoms with Crippen LogP contribution in [0, 0.1) is 5.82 Å². The zero-order chi connectivity index (χ0) is 18.2. The molecule has 25 heavy (non-hydrogen) atoms. The van der Waals surface area contributed by atoms with Crippen molar-refractivity contribution >= 4 is 17.5 Å². The van der Waals surface area contributed by atoms with Crippen molar-refractivity contribution in [3.05, 3.63) is 58.4 Å². The van der Waals surface area contributed by atoms with Crippen molar-refractivity contribution < 1.29 is 24.0 Å². The largest absolute Gasteiger partial charge is 0.493 e. The quantitative estimate of drug-likeness (QED) is 0.662. The Bertz CT molecular complexity index is 740. The van der Waals surface area contributed by atoms with E-state index in [0.29, 0.717) is 29.3 Å². The number of quaternary nitrogens is 1. The molecule has 4 N–H and O–H groups in total. The summed E-state index contributed by atoms with van der Waals surface area (Å²) in [6.07, 6.45) is 0.636. The number of rotatable bonds is 9. The molecule has 0 aliphatic carbocycles. The van der Waals surface area contributed by atoms with E-state index in [0.717, 1.165) is 12.1 Å². The monoisotopic (exact) mass is 367 g/mol. The van der Waals surface area contributed by atoms with Gasteiger partial charge in [-0.05, 0) is 23.8 Å². The Hall–Kier alpha value is -2.31. The Labute approximate surface area is 150 Å². The highest BCUT2D eigenvalue weighted by molar-refractivity contribution is 6.32. The number of halogens is 2. The van der Waals surface area contributed by atoms with Crippen LogP contribution in [-0.2, 0) is 17.8 Å². The Balaban J connectivity index is 1.94. The topological polar surface area (TPSA) is 78.2 Å². The van der Waals surface area contributed by atoms with Crippen molar-refractivity contribution in [1.82, 2.24) is 0 Å². The Kier molecular flexibility index (Phi) is 7.03. The highest BCUT2D eigenvalue weighted by Gasteiger charge is 2.14. The average molecular weight is 368 g/mol. The molecule has 0 radical (unpaired) electrons. The molecule has 0 spiro atoms. The molecule has 2 rings (SSSR count). The first-order chi connectivity index (χ1) is 12.0. The normalized spacial score (nSPS) is 10.5. The lowest BCUT2D eigenvalue weighted by Crippen LogP contribution is -2.83. The summed E-state index contributed by atoms with van der Waals surface area (Å²) in [6, 6.07) is 10.3. The number of amides is 1. The maximum absolute atomic E-state index is 13.6. The third kappa shape index (κ3) is 5.62. The molecule has 0 aliphatic heterocycles. The van der Waals surface area contributed by atoms with Crippen LogP contribution >= 0.6 is 11.6 Å². The Morgan fingerprint density at radius 2 is 2.08 bits per heavy atom. The van der Waals surface area contributed by atoms with E-state index in [1.807, 2.05) is 6.07 Å². The van der Waals surface area contributed by atoms with Crippen LogP contribution in [0.2, 0.25) is 5.02 Å². The van der Waals surface area contributed by atoms with Crippen molar-refractivity contribution in [1.29, 1.82) is 0 Å². The van der Waals surface area contributed by atoms with E-state index in [9.17, 15) is 9.18 Å². The third-order valence-corrected chi connectivity index (χ3v) is 3.88. The van der Waals surface area contributed by atoms with Crippen molar-refractivity contribution in [2.45, 2.75) is 13.0 Å².